The molecule has 2 aromatic rings. The fourth-order valence-corrected chi connectivity index (χ4v) is 2.26. The number of hydrogen-bond acceptors (Lipinski definition) is 5. The van der Waals surface area contributed by atoms with E-state index in [9.17, 15) is 8.42 Å². The van der Waals surface area contributed by atoms with Crippen LogP contribution in [0.2, 0.25) is 0 Å². The Balaban J connectivity index is 2.11. The van der Waals surface area contributed by atoms with Gasteiger partial charge in [-0.1, -0.05) is 12.1 Å². The maximum absolute atomic E-state index is 10.9. The van der Waals surface area contributed by atoms with E-state index in [1.807, 2.05) is 18.2 Å². The summed E-state index contributed by atoms with van der Waals surface area (Å²) in [4.78, 5) is 4.23. The molecule has 0 aliphatic carbocycles. The number of rotatable bonds is 5. The maximum atomic E-state index is 10.9. The first-order valence-electron chi connectivity index (χ1n) is 5.79. The van der Waals surface area contributed by atoms with Gasteiger partial charge in [0.25, 0.3) is 0 Å². The number of aromatic nitrogens is 1. The highest BCUT2D eigenvalue weighted by atomic mass is 32.2. The number of anilines is 2. The minimum absolute atomic E-state index is 0.324. The van der Waals surface area contributed by atoms with Crippen LogP contribution in [0.4, 0.5) is 11.4 Å². The van der Waals surface area contributed by atoms with Crippen LogP contribution >= 0.6 is 0 Å². The van der Waals surface area contributed by atoms with Gasteiger partial charge in [0, 0.05) is 30.4 Å². The van der Waals surface area contributed by atoms with Gasteiger partial charge in [-0.2, -0.15) is 0 Å². The van der Waals surface area contributed by atoms with E-state index in [4.69, 9.17) is 5.73 Å². The second-order valence-corrected chi connectivity index (χ2v) is 6.03. The molecule has 0 saturated heterocycles. The van der Waals surface area contributed by atoms with Crippen molar-refractivity contribution in [3.05, 3.63) is 30.5 Å². The van der Waals surface area contributed by atoms with Crippen molar-refractivity contribution < 1.29 is 8.42 Å². The molecule has 0 atom stereocenters. The van der Waals surface area contributed by atoms with E-state index in [2.05, 4.69) is 15.0 Å². The van der Waals surface area contributed by atoms with Gasteiger partial charge in [0.1, 0.15) is 0 Å². The van der Waals surface area contributed by atoms with Gasteiger partial charge in [0.05, 0.1) is 17.5 Å². The van der Waals surface area contributed by atoms with Crippen molar-refractivity contribution in [3.63, 3.8) is 0 Å². The monoisotopic (exact) mass is 280 g/mol. The van der Waals surface area contributed by atoms with Crippen LogP contribution in [0.15, 0.2) is 30.5 Å². The largest absolute Gasteiger partial charge is 0.397 e. The summed E-state index contributed by atoms with van der Waals surface area (Å²) in [5, 5.41) is 4.08. The van der Waals surface area contributed by atoms with Crippen LogP contribution in [0.3, 0.4) is 0 Å². The van der Waals surface area contributed by atoms with E-state index in [-0.39, 0.29) is 0 Å². The zero-order chi connectivity index (χ0) is 13.9. The van der Waals surface area contributed by atoms with Crippen molar-refractivity contribution in [2.24, 2.45) is 0 Å². The highest BCUT2D eigenvalue weighted by Crippen LogP contribution is 2.24. The highest BCUT2D eigenvalue weighted by molar-refractivity contribution is 7.88. The molecular formula is C12H16N4O2S. The van der Waals surface area contributed by atoms with Gasteiger partial charge in [0.15, 0.2) is 0 Å². The standard InChI is InChI=1S/C12H16N4O2S/c1-19(17,18)16-8-7-14-11-5-6-15-12-9(11)3-2-4-10(12)13/h2-6,16H,7-8,13H2,1H3,(H,14,15). The number of fused-ring (bicyclic) bond motifs is 1. The molecule has 7 heteroatoms. The summed E-state index contributed by atoms with van der Waals surface area (Å²) in [7, 11) is -3.15. The molecule has 0 spiro atoms. The minimum atomic E-state index is -3.15. The number of nitrogen functional groups attached to an aromatic ring is 1. The van der Waals surface area contributed by atoms with Gasteiger partial charge < -0.3 is 11.1 Å². The summed E-state index contributed by atoms with van der Waals surface area (Å²) < 4.78 is 24.3. The topological polar surface area (TPSA) is 97.1 Å². The third-order valence-electron chi connectivity index (χ3n) is 2.61. The summed E-state index contributed by atoms with van der Waals surface area (Å²) >= 11 is 0. The van der Waals surface area contributed by atoms with Gasteiger partial charge >= 0.3 is 0 Å². The van der Waals surface area contributed by atoms with Crippen LogP contribution in [0, 0.1) is 0 Å². The molecule has 0 unspecified atom stereocenters. The molecule has 0 amide bonds. The molecule has 0 saturated carbocycles. The van der Waals surface area contributed by atoms with E-state index in [1.54, 1.807) is 12.3 Å². The number of pyridine rings is 1. The summed E-state index contributed by atoms with van der Waals surface area (Å²) in [5.41, 5.74) is 8.10. The number of nitrogens with two attached hydrogens (primary N) is 1. The fraction of sp³-hybridized carbons (Fsp3) is 0.250. The summed E-state index contributed by atoms with van der Waals surface area (Å²) in [6.45, 7) is 0.811. The fourth-order valence-electron chi connectivity index (χ4n) is 1.79. The van der Waals surface area contributed by atoms with E-state index in [1.165, 1.54) is 0 Å². The van der Waals surface area contributed by atoms with Crippen molar-refractivity contribution in [2.75, 3.05) is 30.4 Å². The van der Waals surface area contributed by atoms with Crippen LogP contribution in [0.1, 0.15) is 0 Å². The smallest absolute Gasteiger partial charge is 0.208 e. The van der Waals surface area contributed by atoms with Crippen LogP contribution < -0.4 is 15.8 Å². The third kappa shape index (κ3) is 3.55. The van der Waals surface area contributed by atoms with Crippen molar-refractivity contribution in [1.29, 1.82) is 0 Å². The Hall–Kier alpha value is -1.86. The lowest BCUT2D eigenvalue weighted by Crippen LogP contribution is -2.27. The quantitative estimate of drug-likeness (QED) is 0.555. The Kier molecular flexibility index (Phi) is 3.87. The average molecular weight is 280 g/mol. The van der Waals surface area contributed by atoms with E-state index >= 15 is 0 Å². The van der Waals surface area contributed by atoms with E-state index in [0.29, 0.717) is 18.8 Å². The molecule has 19 heavy (non-hydrogen) atoms. The lowest BCUT2D eigenvalue weighted by molar-refractivity contribution is 0.589. The number of hydrogen-bond donors (Lipinski definition) is 3. The molecule has 102 valence electrons. The van der Waals surface area contributed by atoms with Gasteiger partial charge in [-0.05, 0) is 12.1 Å². The summed E-state index contributed by atoms with van der Waals surface area (Å²) in [6.07, 6.45) is 2.81. The maximum Gasteiger partial charge on any atom is 0.208 e. The van der Waals surface area contributed by atoms with Gasteiger partial charge in [-0.25, -0.2) is 13.1 Å². The zero-order valence-electron chi connectivity index (χ0n) is 10.6. The van der Waals surface area contributed by atoms with Crippen molar-refractivity contribution in [3.8, 4) is 0 Å². The zero-order valence-corrected chi connectivity index (χ0v) is 11.4. The van der Waals surface area contributed by atoms with Gasteiger partial charge in [-0.15, -0.1) is 0 Å². The number of nitrogens with zero attached hydrogens (tertiary/aromatic N) is 1. The first-order chi connectivity index (χ1) is 8.97. The molecule has 1 aromatic carbocycles. The lowest BCUT2D eigenvalue weighted by Gasteiger charge is -2.10. The van der Waals surface area contributed by atoms with Crippen molar-refractivity contribution in [2.45, 2.75) is 0 Å². The number of nitrogens with one attached hydrogen (secondary N) is 2. The number of sulfonamides is 1. The van der Waals surface area contributed by atoms with E-state index < -0.39 is 10.0 Å². The number of para-hydroxylation sites is 1. The Morgan fingerprint density at radius 3 is 2.79 bits per heavy atom. The molecule has 0 bridgehead atoms. The van der Waals surface area contributed by atoms with Crippen LogP contribution in [0.25, 0.3) is 10.9 Å². The lowest BCUT2D eigenvalue weighted by atomic mass is 10.1. The Morgan fingerprint density at radius 2 is 2.05 bits per heavy atom. The average Bonchev–Trinajstić information content (AvgIpc) is 2.34. The van der Waals surface area contributed by atoms with Gasteiger partial charge in [-0.3, -0.25) is 4.98 Å². The van der Waals surface area contributed by atoms with Crippen LogP contribution in [-0.4, -0.2) is 32.7 Å². The second kappa shape index (κ2) is 5.41. The molecule has 0 fully saturated rings. The van der Waals surface area contributed by atoms with Crippen LogP contribution in [0.5, 0.6) is 0 Å². The van der Waals surface area contributed by atoms with Crippen LogP contribution in [-0.2, 0) is 10.0 Å². The van der Waals surface area contributed by atoms with Gasteiger partial charge in [0.2, 0.25) is 10.0 Å². The normalized spacial score (nSPS) is 11.6. The van der Waals surface area contributed by atoms with Crippen molar-refractivity contribution in [1.82, 2.24) is 9.71 Å². The Labute approximate surface area is 112 Å². The molecule has 0 aliphatic rings. The molecule has 1 heterocycles. The predicted octanol–water partition coefficient (Wildman–Crippen LogP) is 0.778. The molecule has 6 nitrogen and oxygen atoms in total. The molecule has 4 N–H and O–H groups in total. The van der Waals surface area contributed by atoms with E-state index in [0.717, 1.165) is 22.8 Å². The predicted molar refractivity (Wildman–Crippen MR) is 77.5 cm³/mol. The Morgan fingerprint density at radius 1 is 1.26 bits per heavy atom. The summed E-state index contributed by atoms with van der Waals surface area (Å²) in [5.74, 6) is 0. The first-order valence-corrected chi connectivity index (χ1v) is 7.68. The molecule has 2 rings (SSSR count). The minimum Gasteiger partial charge on any atom is -0.397 e. The third-order valence-corrected chi connectivity index (χ3v) is 3.34. The molecule has 0 radical (unpaired) electrons. The second-order valence-electron chi connectivity index (χ2n) is 4.20. The molecule has 1 aromatic heterocycles. The number of benzene rings is 1. The van der Waals surface area contributed by atoms with Crippen molar-refractivity contribution >= 4 is 32.3 Å². The highest BCUT2D eigenvalue weighted by Gasteiger charge is 2.04. The molecular weight excluding hydrogens is 264 g/mol. The summed E-state index contributed by atoms with van der Waals surface area (Å²) in [6, 6.07) is 7.41. The Bertz CT molecular complexity index is 685. The first kappa shape index (κ1) is 13.6. The SMILES string of the molecule is CS(=O)(=O)NCCNc1ccnc2c(N)cccc12. The molecule has 0 aliphatic heterocycles.